The molecule has 1 spiro atoms. The van der Waals surface area contributed by atoms with Gasteiger partial charge in [0.25, 0.3) is 0 Å². The fraction of sp³-hybridized carbons (Fsp3) is 0.789. The van der Waals surface area contributed by atoms with Gasteiger partial charge in [-0.15, -0.1) is 0 Å². The molecule has 1 atom stereocenters. The standard InChI is InChI=1S/C19H30N4O2/c1-25-10-9-22-15-20-11-17(22)12-21-8-2-6-19(13-21)7-5-18(24)23(14-19)16-3-4-16/h11,15-16H,2-10,12-14H2,1H3/t19-/m0/s1. The second kappa shape index (κ2) is 7.08. The smallest absolute Gasteiger partial charge is 0.222 e. The van der Waals surface area contributed by atoms with Crippen LogP contribution < -0.4 is 0 Å². The van der Waals surface area contributed by atoms with Crippen molar-refractivity contribution in [2.24, 2.45) is 5.41 Å². The predicted molar refractivity (Wildman–Crippen MR) is 95.0 cm³/mol. The number of hydrogen-bond acceptors (Lipinski definition) is 4. The van der Waals surface area contributed by atoms with E-state index in [1.165, 1.54) is 31.4 Å². The highest BCUT2D eigenvalue weighted by Gasteiger charge is 2.45. The second-order valence-electron chi connectivity index (χ2n) is 8.14. The first-order chi connectivity index (χ1) is 12.2. The molecule has 3 aliphatic rings. The summed E-state index contributed by atoms with van der Waals surface area (Å²) in [7, 11) is 1.74. The second-order valence-corrected chi connectivity index (χ2v) is 8.14. The number of rotatable bonds is 6. The first-order valence-electron chi connectivity index (χ1n) is 9.69. The monoisotopic (exact) mass is 346 g/mol. The number of hydrogen-bond donors (Lipinski definition) is 0. The molecular formula is C19H30N4O2. The number of piperidine rings is 2. The van der Waals surface area contributed by atoms with Crippen LogP contribution in [0, 0.1) is 5.41 Å². The lowest BCUT2D eigenvalue weighted by molar-refractivity contribution is -0.140. The zero-order valence-corrected chi connectivity index (χ0v) is 15.3. The summed E-state index contributed by atoms with van der Waals surface area (Å²) < 4.78 is 7.40. The lowest BCUT2D eigenvalue weighted by Gasteiger charge is -2.48. The summed E-state index contributed by atoms with van der Waals surface area (Å²) in [4.78, 5) is 21.4. The Morgan fingerprint density at radius 1 is 1.32 bits per heavy atom. The fourth-order valence-electron chi connectivity index (χ4n) is 4.64. The average molecular weight is 346 g/mol. The van der Waals surface area contributed by atoms with Crippen molar-refractivity contribution in [1.29, 1.82) is 0 Å². The number of carbonyl (C=O) groups excluding carboxylic acids is 1. The molecule has 25 heavy (non-hydrogen) atoms. The van der Waals surface area contributed by atoms with Crippen molar-refractivity contribution in [1.82, 2.24) is 19.4 Å². The van der Waals surface area contributed by atoms with E-state index >= 15 is 0 Å². The number of carbonyl (C=O) groups is 1. The van der Waals surface area contributed by atoms with Crippen LogP contribution in [-0.4, -0.2) is 64.7 Å². The van der Waals surface area contributed by atoms with Crippen molar-refractivity contribution < 1.29 is 9.53 Å². The molecule has 6 nitrogen and oxygen atoms in total. The van der Waals surface area contributed by atoms with Crippen LogP contribution in [0.5, 0.6) is 0 Å². The summed E-state index contributed by atoms with van der Waals surface area (Å²) in [6.07, 6.45) is 10.6. The Kier molecular flexibility index (Phi) is 4.82. The third-order valence-corrected chi connectivity index (χ3v) is 6.14. The summed E-state index contributed by atoms with van der Waals surface area (Å²) in [5, 5.41) is 0. The quantitative estimate of drug-likeness (QED) is 0.789. The molecule has 0 N–H and O–H groups in total. The maximum absolute atomic E-state index is 12.3. The highest BCUT2D eigenvalue weighted by molar-refractivity contribution is 5.78. The number of aromatic nitrogens is 2. The van der Waals surface area contributed by atoms with Gasteiger partial charge in [0.15, 0.2) is 0 Å². The summed E-state index contributed by atoms with van der Waals surface area (Å²) >= 11 is 0. The molecule has 4 rings (SSSR count). The zero-order chi connectivity index (χ0) is 17.3. The van der Waals surface area contributed by atoms with Crippen LogP contribution in [0.4, 0.5) is 0 Å². The third kappa shape index (κ3) is 3.75. The maximum atomic E-state index is 12.3. The van der Waals surface area contributed by atoms with Gasteiger partial charge < -0.3 is 14.2 Å². The van der Waals surface area contributed by atoms with E-state index in [2.05, 4.69) is 19.4 Å². The highest BCUT2D eigenvalue weighted by Crippen LogP contribution is 2.42. The Bertz CT molecular complexity index is 612. The summed E-state index contributed by atoms with van der Waals surface area (Å²) in [5.74, 6) is 0.392. The molecule has 3 heterocycles. The van der Waals surface area contributed by atoms with Crippen molar-refractivity contribution in [3.05, 3.63) is 18.2 Å². The lowest BCUT2D eigenvalue weighted by Crippen LogP contribution is -2.54. The molecule has 1 aliphatic carbocycles. The van der Waals surface area contributed by atoms with Crippen LogP contribution in [0.3, 0.4) is 0 Å². The Morgan fingerprint density at radius 3 is 3.00 bits per heavy atom. The molecule has 1 amide bonds. The maximum Gasteiger partial charge on any atom is 0.222 e. The van der Waals surface area contributed by atoms with Gasteiger partial charge in [0, 0.05) is 57.4 Å². The van der Waals surface area contributed by atoms with Crippen molar-refractivity contribution in [2.75, 3.05) is 33.4 Å². The van der Waals surface area contributed by atoms with E-state index in [1.54, 1.807) is 7.11 Å². The van der Waals surface area contributed by atoms with Gasteiger partial charge in [0.1, 0.15) is 0 Å². The zero-order valence-electron chi connectivity index (χ0n) is 15.3. The number of likely N-dealkylation sites (tertiary alicyclic amines) is 2. The van der Waals surface area contributed by atoms with E-state index < -0.39 is 0 Å². The molecule has 138 valence electrons. The van der Waals surface area contributed by atoms with Gasteiger partial charge in [0.2, 0.25) is 5.91 Å². The largest absolute Gasteiger partial charge is 0.383 e. The van der Waals surface area contributed by atoms with Gasteiger partial charge in [-0.05, 0) is 38.6 Å². The normalized spacial score (nSPS) is 28.0. The molecule has 2 aliphatic heterocycles. The van der Waals surface area contributed by atoms with Gasteiger partial charge in [-0.2, -0.15) is 0 Å². The molecule has 0 aromatic carbocycles. The van der Waals surface area contributed by atoms with Gasteiger partial charge in [-0.1, -0.05) is 0 Å². The van der Waals surface area contributed by atoms with Gasteiger partial charge in [-0.25, -0.2) is 4.98 Å². The van der Waals surface area contributed by atoms with Gasteiger partial charge in [-0.3, -0.25) is 9.69 Å². The molecule has 1 aromatic rings. The predicted octanol–water partition coefficient (Wildman–Crippen LogP) is 1.90. The molecule has 3 fully saturated rings. The minimum absolute atomic E-state index is 0.312. The minimum atomic E-state index is 0.312. The van der Waals surface area contributed by atoms with Crippen LogP contribution >= 0.6 is 0 Å². The lowest BCUT2D eigenvalue weighted by atomic mass is 9.73. The van der Waals surface area contributed by atoms with Crippen molar-refractivity contribution in [3.8, 4) is 0 Å². The molecule has 2 saturated heterocycles. The highest BCUT2D eigenvalue weighted by atomic mass is 16.5. The summed E-state index contributed by atoms with van der Waals surface area (Å²) in [5.41, 5.74) is 1.58. The molecule has 1 saturated carbocycles. The van der Waals surface area contributed by atoms with E-state index in [4.69, 9.17) is 4.74 Å². The number of nitrogens with zero attached hydrogens (tertiary/aromatic N) is 4. The van der Waals surface area contributed by atoms with Crippen LogP contribution in [0.15, 0.2) is 12.5 Å². The summed E-state index contributed by atoms with van der Waals surface area (Å²) in [6, 6.07) is 0.551. The molecule has 0 radical (unpaired) electrons. The van der Waals surface area contributed by atoms with Crippen molar-refractivity contribution in [2.45, 2.75) is 57.7 Å². The average Bonchev–Trinajstić information content (AvgIpc) is 3.37. The number of methoxy groups -OCH3 is 1. The Balaban J connectivity index is 1.41. The Labute approximate surface area is 150 Å². The molecule has 0 bridgehead atoms. The number of imidazole rings is 1. The fourth-order valence-corrected chi connectivity index (χ4v) is 4.64. The van der Waals surface area contributed by atoms with E-state index in [1.807, 2.05) is 12.5 Å². The molecule has 6 heteroatoms. The summed E-state index contributed by atoms with van der Waals surface area (Å²) in [6.45, 7) is 5.76. The van der Waals surface area contributed by atoms with Gasteiger partial charge >= 0.3 is 0 Å². The van der Waals surface area contributed by atoms with E-state index in [0.29, 0.717) is 24.0 Å². The van der Waals surface area contributed by atoms with Crippen molar-refractivity contribution in [3.63, 3.8) is 0 Å². The Hall–Kier alpha value is -1.40. The third-order valence-electron chi connectivity index (χ3n) is 6.14. The van der Waals surface area contributed by atoms with Gasteiger partial charge in [0.05, 0.1) is 18.6 Å². The topological polar surface area (TPSA) is 50.6 Å². The minimum Gasteiger partial charge on any atom is -0.383 e. The first kappa shape index (κ1) is 17.0. The molecule has 1 aromatic heterocycles. The number of amides is 1. The van der Waals surface area contributed by atoms with Crippen molar-refractivity contribution >= 4 is 5.91 Å². The van der Waals surface area contributed by atoms with Crippen LogP contribution in [0.1, 0.15) is 44.2 Å². The molecular weight excluding hydrogens is 316 g/mol. The van der Waals surface area contributed by atoms with Crippen LogP contribution in [-0.2, 0) is 22.6 Å². The first-order valence-corrected chi connectivity index (χ1v) is 9.69. The van der Waals surface area contributed by atoms with Crippen LogP contribution in [0.25, 0.3) is 0 Å². The van der Waals surface area contributed by atoms with Crippen LogP contribution in [0.2, 0.25) is 0 Å². The van der Waals surface area contributed by atoms with E-state index in [-0.39, 0.29) is 0 Å². The SMILES string of the molecule is COCCn1cncc1CN1CCC[C@]2(CCC(=O)N(C3CC3)C2)C1. The van der Waals surface area contributed by atoms with E-state index in [0.717, 1.165) is 45.6 Å². The number of ether oxygens (including phenoxy) is 1. The molecule has 0 unspecified atom stereocenters. The Morgan fingerprint density at radius 2 is 2.20 bits per heavy atom. The van der Waals surface area contributed by atoms with E-state index in [9.17, 15) is 4.79 Å².